The van der Waals surface area contributed by atoms with Gasteiger partial charge >= 0.3 is 0 Å². The van der Waals surface area contributed by atoms with E-state index in [1.165, 1.54) is 32.7 Å². The van der Waals surface area contributed by atoms with Crippen LogP contribution in [0.25, 0.3) is 10.6 Å². The van der Waals surface area contributed by atoms with Crippen LogP contribution in [0.4, 0.5) is 5.69 Å². The summed E-state index contributed by atoms with van der Waals surface area (Å²) in [6.07, 6.45) is 0.469. The van der Waals surface area contributed by atoms with E-state index in [2.05, 4.69) is 10.4 Å². The molecule has 170 valence electrons. The van der Waals surface area contributed by atoms with E-state index in [4.69, 9.17) is 14.2 Å². The van der Waals surface area contributed by atoms with E-state index in [0.717, 1.165) is 10.6 Å². The van der Waals surface area contributed by atoms with Gasteiger partial charge in [0, 0.05) is 17.8 Å². The molecule has 1 aliphatic rings. The largest absolute Gasteiger partial charge is 0.493 e. The smallest absolute Gasteiger partial charge is 0.276 e. The summed E-state index contributed by atoms with van der Waals surface area (Å²) in [5.74, 6) is 0.928. The average molecular weight is 478 g/mol. The number of aromatic nitrogens is 2. The van der Waals surface area contributed by atoms with Crippen molar-refractivity contribution >= 4 is 32.8 Å². The summed E-state index contributed by atoms with van der Waals surface area (Å²) >= 11 is 1.50. The second-order valence-electron chi connectivity index (χ2n) is 7.26. The quantitative estimate of drug-likeness (QED) is 0.556. The first-order chi connectivity index (χ1) is 15.3. The number of carbonyl (C=O) groups excluding carboxylic acids is 1. The second kappa shape index (κ2) is 8.83. The minimum Gasteiger partial charge on any atom is -0.493 e. The van der Waals surface area contributed by atoms with Crippen molar-refractivity contribution in [2.45, 2.75) is 12.5 Å². The monoisotopic (exact) mass is 477 g/mol. The van der Waals surface area contributed by atoms with Gasteiger partial charge in [-0.15, -0.1) is 11.3 Å². The molecule has 1 saturated heterocycles. The van der Waals surface area contributed by atoms with Crippen molar-refractivity contribution in [1.29, 1.82) is 0 Å². The van der Waals surface area contributed by atoms with Crippen LogP contribution in [-0.4, -0.2) is 56.9 Å². The molecule has 32 heavy (non-hydrogen) atoms. The normalized spacial score (nSPS) is 17.2. The molecule has 3 heterocycles. The lowest BCUT2D eigenvalue weighted by molar-refractivity contribution is 0.102. The highest BCUT2D eigenvalue weighted by Gasteiger charge is 2.32. The molecule has 0 saturated carbocycles. The van der Waals surface area contributed by atoms with Crippen molar-refractivity contribution in [2.24, 2.45) is 0 Å². The Morgan fingerprint density at radius 3 is 2.41 bits per heavy atom. The number of benzene rings is 1. The van der Waals surface area contributed by atoms with E-state index in [0.29, 0.717) is 29.4 Å². The fraction of sp³-hybridized carbons (Fsp3) is 0.333. The Morgan fingerprint density at radius 1 is 1.16 bits per heavy atom. The third-order valence-electron chi connectivity index (χ3n) is 5.22. The zero-order valence-corrected chi connectivity index (χ0v) is 19.5. The average Bonchev–Trinajstić information content (AvgIpc) is 3.51. The summed E-state index contributed by atoms with van der Waals surface area (Å²) in [5.41, 5.74) is 1.35. The maximum atomic E-state index is 13.0. The molecule has 11 heteroatoms. The number of rotatable bonds is 7. The Morgan fingerprint density at radius 2 is 1.88 bits per heavy atom. The van der Waals surface area contributed by atoms with Crippen LogP contribution in [0.2, 0.25) is 0 Å². The summed E-state index contributed by atoms with van der Waals surface area (Å²) in [4.78, 5) is 13.9. The number of nitrogens with one attached hydrogen (secondary N) is 1. The van der Waals surface area contributed by atoms with Gasteiger partial charge in [-0.2, -0.15) is 5.10 Å². The lowest BCUT2D eigenvalue weighted by atomic mass is 10.2. The number of hydrogen-bond donors (Lipinski definition) is 1. The third-order valence-corrected chi connectivity index (χ3v) is 7.86. The lowest BCUT2D eigenvalue weighted by Gasteiger charge is -2.14. The Hall–Kier alpha value is -3.05. The van der Waals surface area contributed by atoms with Gasteiger partial charge in [-0.1, -0.05) is 6.07 Å². The van der Waals surface area contributed by atoms with E-state index in [1.54, 1.807) is 22.9 Å². The SMILES string of the molecule is COc1cc(NC(=O)c2cc(-c3cccs3)n([C@H]3CCS(=O)(=O)C3)n2)cc(OC)c1OC. The van der Waals surface area contributed by atoms with Crippen LogP contribution in [0, 0.1) is 0 Å². The molecule has 1 N–H and O–H groups in total. The van der Waals surface area contributed by atoms with Crippen molar-refractivity contribution in [1.82, 2.24) is 9.78 Å². The van der Waals surface area contributed by atoms with Crippen LogP contribution >= 0.6 is 11.3 Å². The van der Waals surface area contributed by atoms with Gasteiger partial charge in [-0.05, 0) is 23.9 Å². The molecule has 0 spiro atoms. The van der Waals surface area contributed by atoms with E-state index in [9.17, 15) is 13.2 Å². The Kier molecular flexibility index (Phi) is 6.11. The summed E-state index contributed by atoms with van der Waals surface area (Å²) in [7, 11) is 1.38. The van der Waals surface area contributed by atoms with Crippen molar-refractivity contribution in [3.05, 3.63) is 41.4 Å². The van der Waals surface area contributed by atoms with Crippen LogP contribution in [0.15, 0.2) is 35.7 Å². The van der Waals surface area contributed by atoms with Gasteiger partial charge in [0.05, 0.1) is 49.4 Å². The summed E-state index contributed by atoms with van der Waals surface area (Å²) < 4.78 is 41.7. The van der Waals surface area contributed by atoms with E-state index >= 15 is 0 Å². The van der Waals surface area contributed by atoms with Crippen LogP contribution < -0.4 is 19.5 Å². The Bertz CT molecular complexity index is 1210. The van der Waals surface area contributed by atoms with Gasteiger partial charge in [0.2, 0.25) is 5.75 Å². The molecule has 1 fully saturated rings. The minimum absolute atomic E-state index is 0.0149. The van der Waals surface area contributed by atoms with Crippen molar-refractivity contribution in [3.63, 3.8) is 0 Å². The molecule has 2 aromatic heterocycles. The zero-order valence-electron chi connectivity index (χ0n) is 17.8. The Balaban J connectivity index is 1.67. The molecule has 1 atom stereocenters. The number of anilines is 1. The van der Waals surface area contributed by atoms with E-state index < -0.39 is 15.7 Å². The first-order valence-corrected chi connectivity index (χ1v) is 12.5. The molecule has 0 bridgehead atoms. The second-order valence-corrected chi connectivity index (χ2v) is 10.4. The molecule has 1 amide bonds. The van der Waals surface area contributed by atoms with Gasteiger partial charge in [0.25, 0.3) is 5.91 Å². The van der Waals surface area contributed by atoms with Crippen LogP contribution in [0.1, 0.15) is 23.0 Å². The van der Waals surface area contributed by atoms with Gasteiger partial charge in [0.1, 0.15) is 0 Å². The lowest BCUT2D eigenvalue weighted by Crippen LogP contribution is -2.16. The number of carbonyl (C=O) groups is 1. The fourth-order valence-corrected chi connectivity index (χ4v) is 6.13. The standard InChI is InChI=1S/C21H23N3O6S2/c1-28-17-9-13(10-18(29-2)20(17)30-3)22-21(25)15-11-16(19-5-4-7-31-19)24(23-15)14-6-8-32(26,27)12-14/h4-5,7,9-11,14H,6,8,12H2,1-3H3,(H,22,25)/t14-/m0/s1. The molecular weight excluding hydrogens is 454 g/mol. The maximum absolute atomic E-state index is 13.0. The summed E-state index contributed by atoms with van der Waals surface area (Å²) in [5, 5.41) is 9.22. The van der Waals surface area contributed by atoms with Crippen LogP contribution in [-0.2, 0) is 9.84 Å². The first kappa shape index (κ1) is 22.2. The predicted molar refractivity (Wildman–Crippen MR) is 122 cm³/mol. The third kappa shape index (κ3) is 4.30. The number of methoxy groups -OCH3 is 3. The van der Waals surface area contributed by atoms with Crippen LogP contribution in [0.5, 0.6) is 17.2 Å². The molecule has 3 aromatic rings. The number of ether oxygens (including phenoxy) is 3. The molecule has 9 nitrogen and oxygen atoms in total. The molecule has 1 aliphatic heterocycles. The minimum atomic E-state index is -3.11. The molecular formula is C21H23N3O6S2. The molecule has 1 aromatic carbocycles. The molecule has 0 unspecified atom stereocenters. The first-order valence-electron chi connectivity index (χ1n) is 9.80. The zero-order chi connectivity index (χ0) is 22.9. The van der Waals surface area contributed by atoms with E-state index in [-0.39, 0.29) is 23.2 Å². The van der Waals surface area contributed by atoms with Crippen molar-refractivity contribution < 1.29 is 27.4 Å². The predicted octanol–water partition coefficient (Wildman–Crippen LogP) is 3.25. The number of sulfone groups is 1. The van der Waals surface area contributed by atoms with Crippen LogP contribution in [0.3, 0.4) is 0 Å². The highest BCUT2D eigenvalue weighted by Crippen LogP contribution is 2.40. The summed E-state index contributed by atoms with van der Waals surface area (Å²) in [6.45, 7) is 0. The highest BCUT2D eigenvalue weighted by atomic mass is 32.2. The fourth-order valence-electron chi connectivity index (χ4n) is 3.71. The Labute approximate surface area is 189 Å². The molecule has 0 radical (unpaired) electrons. The maximum Gasteiger partial charge on any atom is 0.276 e. The van der Waals surface area contributed by atoms with Crippen molar-refractivity contribution in [2.75, 3.05) is 38.2 Å². The van der Waals surface area contributed by atoms with Crippen molar-refractivity contribution in [3.8, 4) is 27.8 Å². The molecule has 0 aliphatic carbocycles. The van der Waals surface area contributed by atoms with Gasteiger partial charge in [-0.3, -0.25) is 9.48 Å². The summed E-state index contributed by atoms with van der Waals surface area (Å²) in [6, 6.07) is 8.45. The van der Waals surface area contributed by atoms with Gasteiger partial charge in [-0.25, -0.2) is 8.42 Å². The van der Waals surface area contributed by atoms with Gasteiger partial charge in [0.15, 0.2) is 27.0 Å². The highest BCUT2D eigenvalue weighted by molar-refractivity contribution is 7.91. The number of amides is 1. The topological polar surface area (TPSA) is 109 Å². The number of thiophene rings is 1. The number of hydrogen-bond acceptors (Lipinski definition) is 8. The number of nitrogens with zero attached hydrogens (tertiary/aromatic N) is 2. The van der Waals surface area contributed by atoms with Gasteiger partial charge < -0.3 is 19.5 Å². The van der Waals surface area contributed by atoms with E-state index in [1.807, 2.05) is 17.5 Å². The molecule has 4 rings (SSSR count).